The fraction of sp³-hybridized carbons (Fsp3) is 0.636. The Balaban J connectivity index is 2.09. The van der Waals surface area contributed by atoms with Crippen LogP contribution in [0.25, 0.3) is 0 Å². The number of hydrogen-bond donors (Lipinski definition) is 2. The van der Waals surface area contributed by atoms with Crippen LogP contribution >= 0.6 is 0 Å². The topological polar surface area (TPSA) is 151 Å². The highest BCUT2D eigenvalue weighted by molar-refractivity contribution is 6.74. The number of esters is 2. The first kappa shape index (κ1) is 51.2. The van der Waals surface area contributed by atoms with Crippen molar-refractivity contribution in [1.82, 2.24) is 5.32 Å². The Morgan fingerprint density at radius 1 is 0.678 bits per heavy atom. The molecule has 0 aliphatic rings. The van der Waals surface area contributed by atoms with Gasteiger partial charge in [-0.1, -0.05) is 65.8 Å². The first-order valence-electron chi connectivity index (χ1n) is 20.5. The number of amides is 2. The molecule has 0 heterocycles. The molecule has 2 aromatic rings. The molecule has 0 fully saturated rings. The van der Waals surface area contributed by atoms with Crippen LogP contribution in [-0.2, 0) is 39.3 Å². The second-order valence-corrected chi connectivity index (χ2v) is 29.4. The van der Waals surface area contributed by atoms with Gasteiger partial charge in [0.1, 0.15) is 29.6 Å². The predicted molar refractivity (Wildman–Crippen MR) is 239 cm³/mol. The van der Waals surface area contributed by atoms with Gasteiger partial charge in [0.05, 0.1) is 24.6 Å². The monoisotopic (exact) mass is 859 g/mol. The molecule has 0 bridgehead atoms. The number of nitrogens with one attached hydrogen (secondary N) is 2. The van der Waals surface area contributed by atoms with Crippen molar-refractivity contribution in [2.45, 2.75) is 156 Å². The molecule has 0 aromatic heterocycles. The molecule has 2 N–H and O–H groups in total. The Bertz CT molecular complexity index is 1660. The molecule has 1 atom stereocenters. The zero-order valence-electron chi connectivity index (χ0n) is 38.7. The van der Waals surface area contributed by atoms with Crippen molar-refractivity contribution in [2.75, 3.05) is 36.5 Å². The van der Waals surface area contributed by atoms with Gasteiger partial charge in [-0.2, -0.15) is 0 Å². The standard InChI is InChI=1S/C44H73N3O10Si2/c1-41(2,3)56-37(48)26-25-35(38(49)57-42(4,5)6)46-40(51)55-33-23-21-32(22-24-33)31-52-39(50)45-34-19-17-18-20-36(34)47(27-29-53-58(13,14)43(7,8)9)28-30-54-59(15,16)44(10,11)12/h17-24,35H,25-31H2,1-16H3,(H,45,50)(H,46,51)/t35-/m0/s1. The minimum atomic E-state index is -1.98. The van der Waals surface area contributed by atoms with Gasteiger partial charge in [-0.15, -0.1) is 0 Å². The van der Waals surface area contributed by atoms with Gasteiger partial charge in [0.15, 0.2) is 16.6 Å². The summed E-state index contributed by atoms with van der Waals surface area (Å²) in [6.45, 7) is 34.9. The molecule has 0 saturated carbocycles. The van der Waals surface area contributed by atoms with E-state index in [-0.39, 0.29) is 35.3 Å². The number of benzene rings is 2. The normalized spacial score (nSPS) is 13.2. The number of rotatable bonds is 18. The summed E-state index contributed by atoms with van der Waals surface area (Å²) in [6.07, 6.45) is -1.70. The number of para-hydroxylation sites is 2. The van der Waals surface area contributed by atoms with Crippen molar-refractivity contribution < 1.29 is 47.0 Å². The van der Waals surface area contributed by atoms with Gasteiger partial charge in [-0.3, -0.25) is 10.1 Å². The highest BCUT2D eigenvalue weighted by Crippen LogP contribution is 2.38. The maximum Gasteiger partial charge on any atom is 0.413 e. The van der Waals surface area contributed by atoms with E-state index < -0.39 is 58.0 Å². The first-order chi connectivity index (χ1) is 26.9. The van der Waals surface area contributed by atoms with E-state index in [1.54, 1.807) is 65.8 Å². The Kier molecular flexibility index (Phi) is 18.3. The fourth-order valence-corrected chi connectivity index (χ4v) is 7.04. The van der Waals surface area contributed by atoms with Gasteiger partial charge in [0.25, 0.3) is 0 Å². The highest BCUT2D eigenvalue weighted by Gasteiger charge is 2.38. The Morgan fingerprint density at radius 2 is 1.19 bits per heavy atom. The molecule has 59 heavy (non-hydrogen) atoms. The number of hydrogen-bond acceptors (Lipinski definition) is 11. The molecule has 0 aliphatic carbocycles. The molecule has 0 radical (unpaired) electrons. The zero-order valence-corrected chi connectivity index (χ0v) is 40.7. The lowest BCUT2D eigenvalue weighted by Gasteiger charge is -2.38. The smallest absolute Gasteiger partial charge is 0.413 e. The lowest BCUT2D eigenvalue weighted by molar-refractivity contribution is -0.158. The van der Waals surface area contributed by atoms with Crippen molar-refractivity contribution in [3.05, 3.63) is 54.1 Å². The fourth-order valence-electron chi connectivity index (χ4n) is 4.97. The van der Waals surface area contributed by atoms with Crippen LogP contribution in [0.5, 0.6) is 5.75 Å². The van der Waals surface area contributed by atoms with Crippen molar-refractivity contribution in [3.63, 3.8) is 0 Å². The minimum Gasteiger partial charge on any atom is -0.460 e. The van der Waals surface area contributed by atoms with Crippen molar-refractivity contribution in [3.8, 4) is 5.75 Å². The number of ether oxygens (including phenoxy) is 4. The van der Waals surface area contributed by atoms with E-state index in [2.05, 4.69) is 83.3 Å². The van der Waals surface area contributed by atoms with Crippen LogP contribution < -0.4 is 20.3 Å². The van der Waals surface area contributed by atoms with Crippen LogP contribution in [0.15, 0.2) is 48.5 Å². The Morgan fingerprint density at radius 3 is 1.68 bits per heavy atom. The number of anilines is 2. The van der Waals surface area contributed by atoms with E-state index in [0.29, 0.717) is 37.6 Å². The Labute approximate surface area is 355 Å². The highest BCUT2D eigenvalue weighted by atomic mass is 28.4. The molecule has 0 spiro atoms. The van der Waals surface area contributed by atoms with Crippen LogP contribution in [0.3, 0.4) is 0 Å². The molecular weight excluding hydrogens is 787 g/mol. The summed E-state index contributed by atoms with van der Waals surface area (Å²) >= 11 is 0. The third-order valence-corrected chi connectivity index (χ3v) is 19.4. The third-order valence-electron chi connectivity index (χ3n) is 10.3. The van der Waals surface area contributed by atoms with Gasteiger partial charge in [-0.25, -0.2) is 14.4 Å². The quantitative estimate of drug-likeness (QED) is 0.0837. The molecule has 0 unspecified atom stereocenters. The molecule has 0 saturated heterocycles. The summed E-state index contributed by atoms with van der Waals surface area (Å²) in [4.78, 5) is 53.4. The summed E-state index contributed by atoms with van der Waals surface area (Å²) < 4.78 is 34.9. The maximum atomic E-state index is 13.2. The SMILES string of the molecule is CC(C)(C)OC(=O)CC[C@H](NC(=O)Oc1ccc(COC(=O)Nc2ccccc2N(CCO[Si](C)(C)C(C)(C)C)CCO[Si](C)(C)C(C)(C)C)cc1)C(=O)OC(C)(C)C. The van der Waals surface area contributed by atoms with Gasteiger partial charge >= 0.3 is 24.1 Å². The maximum absolute atomic E-state index is 13.2. The van der Waals surface area contributed by atoms with E-state index in [1.165, 1.54) is 0 Å². The average molecular weight is 860 g/mol. The molecule has 332 valence electrons. The lowest BCUT2D eigenvalue weighted by Crippen LogP contribution is -2.45. The molecule has 2 aromatic carbocycles. The van der Waals surface area contributed by atoms with Crippen LogP contribution in [0, 0.1) is 0 Å². The number of nitrogens with zero attached hydrogens (tertiary/aromatic N) is 1. The number of carbonyl (C=O) groups is 4. The number of carbonyl (C=O) groups excluding carboxylic acids is 4. The molecule has 2 rings (SSSR count). The second-order valence-electron chi connectivity index (χ2n) is 19.8. The van der Waals surface area contributed by atoms with E-state index in [0.717, 1.165) is 5.69 Å². The largest absolute Gasteiger partial charge is 0.460 e. The van der Waals surface area contributed by atoms with Gasteiger partial charge in [0.2, 0.25) is 0 Å². The lowest BCUT2D eigenvalue weighted by atomic mass is 10.1. The zero-order chi connectivity index (χ0) is 45.0. The minimum absolute atomic E-state index is 0.0447. The first-order valence-corrected chi connectivity index (χ1v) is 26.3. The predicted octanol–water partition coefficient (Wildman–Crippen LogP) is 10.2. The van der Waals surface area contributed by atoms with Crippen molar-refractivity contribution in [2.24, 2.45) is 0 Å². The summed E-state index contributed by atoms with van der Waals surface area (Å²) in [7, 11) is -3.97. The van der Waals surface area contributed by atoms with Crippen LogP contribution in [-0.4, -0.2) is 84.3 Å². The summed E-state index contributed by atoms with van der Waals surface area (Å²) in [5, 5.41) is 5.58. The average Bonchev–Trinajstić information content (AvgIpc) is 3.06. The third kappa shape index (κ3) is 18.5. The summed E-state index contributed by atoms with van der Waals surface area (Å²) in [5.41, 5.74) is 0.576. The Hall–Kier alpha value is -3.93. The van der Waals surface area contributed by atoms with E-state index >= 15 is 0 Å². The summed E-state index contributed by atoms with van der Waals surface area (Å²) in [5.74, 6) is -1.02. The van der Waals surface area contributed by atoms with Crippen LogP contribution in [0.1, 0.15) is 101 Å². The second kappa shape index (κ2) is 21.0. The molecule has 0 aliphatic heterocycles. The molecule has 13 nitrogen and oxygen atoms in total. The van der Waals surface area contributed by atoms with Crippen molar-refractivity contribution >= 4 is 52.1 Å². The van der Waals surface area contributed by atoms with Crippen molar-refractivity contribution in [1.29, 1.82) is 0 Å². The van der Waals surface area contributed by atoms with Crippen LogP contribution in [0.2, 0.25) is 36.3 Å². The van der Waals surface area contributed by atoms with E-state index in [4.69, 9.17) is 27.8 Å². The van der Waals surface area contributed by atoms with Gasteiger partial charge in [0, 0.05) is 19.5 Å². The molecule has 2 amide bonds. The van der Waals surface area contributed by atoms with Gasteiger partial charge < -0.3 is 38.0 Å². The molecule has 15 heteroatoms. The summed E-state index contributed by atoms with van der Waals surface area (Å²) in [6, 6.07) is 12.9. The van der Waals surface area contributed by atoms with Gasteiger partial charge in [-0.05, 0) is 114 Å². The van der Waals surface area contributed by atoms with E-state index in [9.17, 15) is 19.2 Å². The van der Waals surface area contributed by atoms with Crippen LogP contribution in [0.4, 0.5) is 21.0 Å². The molecular formula is C44H73N3O10Si2. The van der Waals surface area contributed by atoms with E-state index in [1.807, 2.05) is 24.3 Å².